The lowest BCUT2D eigenvalue weighted by atomic mass is 9.94. The van der Waals surface area contributed by atoms with Gasteiger partial charge in [0.15, 0.2) is 0 Å². The van der Waals surface area contributed by atoms with Crippen LogP contribution in [0.15, 0.2) is 9.70 Å². The number of aromatic nitrogens is 1. The van der Waals surface area contributed by atoms with Crippen molar-refractivity contribution in [1.29, 1.82) is 5.26 Å². The summed E-state index contributed by atoms with van der Waals surface area (Å²) in [5.74, 6) is 0.822. The predicted octanol–water partition coefficient (Wildman–Crippen LogP) is 5.35. The van der Waals surface area contributed by atoms with Gasteiger partial charge in [0.25, 0.3) is 11.5 Å². The summed E-state index contributed by atoms with van der Waals surface area (Å²) in [5, 5.41) is 9.83. The summed E-state index contributed by atoms with van der Waals surface area (Å²) >= 11 is 7.00. The van der Waals surface area contributed by atoms with Crippen LogP contribution in [0.5, 0.6) is 0 Å². The number of nitriles is 1. The molecule has 2 aliphatic heterocycles. The van der Waals surface area contributed by atoms with Crippen LogP contribution in [0.3, 0.4) is 0 Å². The summed E-state index contributed by atoms with van der Waals surface area (Å²) in [5.41, 5.74) is 1.41. The maximum atomic E-state index is 13.5. The minimum Gasteiger partial charge on any atom is -0.357 e. The van der Waals surface area contributed by atoms with Gasteiger partial charge >= 0.3 is 0 Å². The first-order valence-electron chi connectivity index (χ1n) is 12.7. The monoisotopic (exact) mass is 498 g/mol. The van der Waals surface area contributed by atoms with Gasteiger partial charge in [0.05, 0.1) is 4.91 Å². The number of carbonyl (C=O) groups excluding carboxylic acids is 1. The first-order valence-corrected chi connectivity index (χ1v) is 13.9. The Labute approximate surface area is 212 Å². The molecular formula is C26H34N4O2S2. The van der Waals surface area contributed by atoms with Crippen molar-refractivity contribution in [3.8, 4) is 6.07 Å². The van der Waals surface area contributed by atoms with Crippen molar-refractivity contribution in [2.75, 3.05) is 18.0 Å². The van der Waals surface area contributed by atoms with E-state index in [-0.39, 0.29) is 23.1 Å². The van der Waals surface area contributed by atoms with E-state index in [0.29, 0.717) is 21.3 Å². The van der Waals surface area contributed by atoms with Gasteiger partial charge < -0.3 is 4.90 Å². The fourth-order valence-corrected chi connectivity index (χ4v) is 6.85. The van der Waals surface area contributed by atoms with Crippen molar-refractivity contribution in [1.82, 2.24) is 9.47 Å². The molecule has 1 aromatic heterocycles. The molecule has 4 rings (SSSR count). The van der Waals surface area contributed by atoms with E-state index in [0.717, 1.165) is 69.4 Å². The minimum atomic E-state index is -0.229. The second kappa shape index (κ2) is 11.1. The Bertz CT molecular complexity index is 1090. The molecule has 3 fully saturated rings. The second-order valence-corrected chi connectivity index (χ2v) is 11.2. The van der Waals surface area contributed by atoms with Crippen molar-refractivity contribution in [3.05, 3.63) is 31.9 Å². The Balaban J connectivity index is 1.84. The minimum absolute atomic E-state index is 0.0325. The van der Waals surface area contributed by atoms with E-state index < -0.39 is 0 Å². The average molecular weight is 499 g/mol. The van der Waals surface area contributed by atoms with Crippen molar-refractivity contribution < 1.29 is 4.79 Å². The van der Waals surface area contributed by atoms with Gasteiger partial charge in [-0.2, -0.15) is 5.26 Å². The number of rotatable bonds is 5. The van der Waals surface area contributed by atoms with Gasteiger partial charge in [0, 0.05) is 31.2 Å². The van der Waals surface area contributed by atoms with E-state index in [1.807, 2.05) is 24.8 Å². The fourth-order valence-electron chi connectivity index (χ4n) is 5.46. The lowest BCUT2D eigenvalue weighted by molar-refractivity contribution is -0.124. The molecule has 1 amide bonds. The zero-order chi connectivity index (χ0) is 24.2. The highest BCUT2D eigenvalue weighted by atomic mass is 32.2. The third-order valence-electron chi connectivity index (χ3n) is 7.24. The van der Waals surface area contributed by atoms with Crippen LogP contribution in [0.4, 0.5) is 5.82 Å². The molecule has 0 spiro atoms. The van der Waals surface area contributed by atoms with Crippen LogP contribution in [0.2, 0.25) is 0 Å². The van der Waals surface area contributed by atoms with E-state index >= 15 is 0 Å². The quantitative estimate of drug-likeness (QED) is 0.402. The van der Waals surface area contributed by atoms with Crippen LogP contribution in [0.1, 0.15) is 87.8 Å². The summed E-state index contributed by atoms with van der Waals surface area (Å²) in [7, 11) is 0. The van der Waals surface area contributed by atoms with Gasteiger partial charge in [0.1, 0.15) is 21.8 Å². The Morgan fingerprint density at radius 1 is 1.09 bits per heavy atom. The molecule has 3 heterocycles. The maximum Gasteiger partial charge on any atom is 0.270 e. The van der Waals surface area contributed by atoms with E-state index in [1.54, 1.807) is 4.57 Å². The van der Waals surface area contributed by atoms with Gasteiger partial charge in [-0.1, -0.05) is 63.0 Å². The van der Waals surface area contributed by atoms with Crippen molar-refractivity contribution in [2.45, 2.75) is 90.6 Å². The van der Waals surface area contributed by atoms with Gasteiger partial charge in [0.2, 0.25) is 0 Å². The zero-order valence-electron chi connectivity index (χ0n) is 20.3. The van der Waals surface area contributed by atoms with E-state index in [1.165, 1.54) is 31.0 Å². The first-order chi connectivity index (χ1) is 16.5. The topological polar surface area (TPSA) is 69.3 Å². The third-order valence-corrected chi connectivity index (χ3v) is 8.57. The Hall–Kier alpha value is -2.11. The summed E-state index contributed by atoms with van der Waals surface area (Å²) < 4.78 is 2.39. The summed E-state index contributed by atoms with van der Waals surface area (Å²) in [6.07, 6.45) is 12.7. The summed E-state index contributed by atoms with van der Waals surface area (Å²) in [6, 6.07) is 2.32. The number of thioether (sulfide) groups is 1. The van der Waals surface area contributed by atoms with Crippen LogP contribution in [0, 0.1) is 18.3 Å². The van der Waals surface area contributed by atoms with Gasteiger partial charge in [-0.3, -0.25) is 19.1 Å². The number of hydrogen-bond acceptors (Lipinski definition) is 6. The zero-order valence-corrected chi connectivity index (χ0v) is 21.9. The van der Waals surface area contributed by atoms with Crippen molar-refractivity contribution in [3.63, 3.8) is 0 Å². The molecule has 6 nitrogen and oxygen atoms in total. The number of amides is 1. The molecular weight excluding hydrogens is 464 g/mol. The molecule has 2 saturated heterocycles. The molecule has 1 saturated carbocycles. The third kappa shape index (κ3) is 4.83. The smallest absolute Gasteiger partial charge is 0.270 e. The molecule has 0 unspecified atom stereocenters. The molecule has 1 aliphatic carbocycles. The second-order valence-electron chi connectivity index (χ2n) is 9.55. The molecule has 0 bridgehead atoms. The Kier molecular flexibility index (Phi) is 8.15. The molecule has 0 N–H and O–H groups in total. The highest BCUT2D eigenvalue weighted by molar-refractivity contribution is 8.26. The van der Waals surface area contributed by atoms with Gasteiger partial charge in [-0.25, -0.2) is 0 Å². The van der Waals surface area contributed by atoms with E-state index in [9.17, 15) is 14.9 Å². The van der Waals surface area contributed by atoms with Crippen molar-refractivity contribution >= 4 is 46.1 Å². The Morgan fingerprint density at radius 3 is 2.35 bits per heavy atom. The maximum absolute atomic E-state index is 13.5. The number of carbonyl (C=O) groups is 1. The van der Waals surface area contributed by atoms with Gasteiger partial charge in [-0.05, 0) is 50.7 Å². The largest absolute Gasteiger partial charge is 0.357 e. The average Bonchev–Trinajstić information content (AvgIpc) is 2.99. The highest BCUT2D eigenvalue weighted by Gasteiger charge is 2.38. The normalized spacial score (nSPS) is 21.3. The van der Waals surface area contributed by atoms with Crippen LogP contribution >= 0.6 is 24.0 Å². The molecule has 3 aliphatic rings. The summed E-state index contributed by atoms with van der Waals surface area (Å²) in [6.45, 7) is 6.17. The van der Waals surface area contributed by atoms with Crippen LogP contribution in [-0.4, -0.2) is 38.8 Å². The van der Waals surface area contributed by atoms with Crippen LogP contribution in [-0.2, 0) is 11.3 Å². The molecule has 182 valence electrons. The highest BCUT2D eigenvalue weighted by Crippen LogP contribution is 2.39. The van der Waals surface area contributed by atoms with E-state index in [4.69, 9.17) is 12.2 Å². The molecule has 1 aromatic rings. The lowest BCUT2D eigenvalue weighted by Crippen LogP contribution is -2.39. The van der Waals surface area contributed by atoms with Gasteiger partial charge in [-0.15, -0.1) is 0 Å². The fraction of sp³-hybridized carbons (Fsp3) is 0.615. The first kappa shape index (κ1) is 25.0. The van der Waals surface area contributed by atoms with Crippen LogP contribution < -0.4 is 10.5 Å². The van der Waals surface area contributed by atoms with Crippen LogP contribution in [0.25, 0.3) is 6.08 Å². The number of pyridine rings is 1. The number of nitrogens with zero attached hydrogens (tertiary/aromatic N) is 4. The molecule has 8 heteroatoms. The molecule has 0 aromatic carbocycles. The standard InChI is InChI=1S/C26H34N4O2S2/c1-3-13-29-23(28-14-9-4-5-10-15-28)20(18(2)21(17-27)24(29)31)16-22-25(32)30(26(33)34-22)19-11-7-6-8-12-19/h16,19H,3-15H2,1-2H3/b22-16+. The summed E-state index contributed by atoms with van der Waals surface area (Å²) in [4.78, 5) is 31.5. The lowest BCUT2D eigenvalue weighted by Gasteiger charge is -2.30. The SMILES string of the molecule is CCCn1c(N2CCCCCC2)c(/C=C2/SC(=S)N(C3CCCCC3)C2=O)c(C)c(C#N)c1=O. The van der Waals surface area contributed by atoms with E-state index in [2.05, 4.69) is 11.0 Å². The van der Waals surface area contributed by atoms with Crippen molar-refractivity contribution in [2.24, 2.45) is 0 Å². The molecule has 0 atom stereocenters. The number of anilines is 1. The predicted molar refractivity (Wildman–Crippen MR) is 143 cm³/mol. The molecule has 34 heavy (non-hydrogen) atoms. The Morgan fingerprint density at radius 2 is 1.74 bits per heavy atom. The molecule has 0 radical (unpaired) electrons. The number of thiocarbonyl (C=S) groups is 1. The number of hydrogen-bond donors (Lipinski definition) is 0.